The molecule has 1 N–H and O–H groups in total. The zero-order valence-electron chi connectivity index (χ0n) is 13.3. The molecule has 0 amide bonds. The second kappa shape index (κ2) is 6.90. The van der Waals surface area contributed by atoms with Crippen LogP contribution in [0, 0.1) is 0 Å². The molecule has 2 rings (SSSR count). The number of carbonyl (C=O) groups excluding carboxylic acids is 1. The van der Waals surface area contributed by atoms with Crippen LogP contribution in [0.1, 0.15) is 58.8 Å². The van der Waals surface area contributed by atoms with Crippen molar-refractivity contribution >= 4 is 5.97 Å². The maximum Gasteiger partial charge on any atom is 0.325 e. The highest BCUT2D eigenvalue weighted by Gasteiger charge is 2.39. The zero-order chi connectivity index (χ0) is 14.6. The summed E-state index contributed by atoms with van der Waals surface area (Å²) in [6, 6.07) is 1.15. The van der Waals surface area contributed by atoms with Gasteiger partial charge in [0.15, 0.2) is 0 Å². The van der Waals surface area contributed by atoms with Gasteiger partial charge in [-0.15, -0.1) is 0 Å². The lowest BCUT2D eigenvalue weighted by atomic mass is 9.96. The normalized spacial score (nSPS) is 27.6. The van der Waals surface area contributed by atoms with E-state index in [1.165, 1.54) is 52.2 Å². The van der Waals surface area contributed by atoms with E-state index in [4.69, 9.17) is 4.74 Å². The standard InChI is InChI=1S/C16H30N2O2/c1-13-7-5-4-6-11-18(13)12-10-16(2,15(19)20-3)17-14-8-9-14/h13-14,17H,4-12H2,1-3H3. The fraction of sp³-hybridized carbons (Fsp3) is 0.938. The van der Waals surface area contributed by atoms with Gasteiger partial charge in [0, 0.05) is 18.6 Å². The second-order valence-electron chi connectivity index (χ2n) is 6.73. The van der Waals surface area contributed by atoms with E-state index < -0.39 is 5.54 Å². The summed E-state index contributed by atoms with van der Waals surface area (Å²) in [5.41, 5.74) is -0.526. The van der Waals surface area contributed by atoms with E-state index in [1.807, 2.05) is 6.92 Å². The molecule has 4 nitrogen and oxygen atoms in total. The molecule has 4 heteroatoms. The number of ether oxygens (including phenoxy) is 1. The SMILES string of the molecule is COC(=O)C(C)(CCN1CCCCCC1C)NC1CC1. The fourth-order valence-corrected chi connectivity index (χ4v) is 3.17. The van der Waals surface area contributed by atoms with Crippen molar-refractivity contribution in [3.8, 4) is 0 Å². The summed E-state index contributed by atoms with van der Waals surface area (Å²) in [6.07, 6.45) is 8.46. The molecule has 0 aromatic heterocycles. The van der Waals surface area contributed by atoms with E-state index in [0.717, 1.165) is 13.0 Å². The smallest absolute Gasteiger partial charge is 0.325 e. The third-order valence-corrected chi connectivity index (χ3v) is 4.83. The Kier molecular flexibility index (Phi) is 5.44. The van der Waals surface area contributed by atoms with Gasteiger partial charge >= 0.3 is 5.97 Å². The van der Waals surface area contributed by atoms with Gasteiger partial charge in [-0.25, -0.2) is 0 Å². The summed E-state index contributed by atoms with van der Waals surface area (Å²) >= 11 is 0. The Morgan fingerprint density at radius 2 is 2.05 bits per heavy atom. The summed E-state index contributed by atoms with van der Waals surface area (Å²) in [5, 5.41) is 3.49. The van der Waals surface area contributed by atoms with Crippen LogP contribution >= 0.6 is 0 Å². The maximum absolute atomic E-state index is 12.1. The Labute approximate surface area is 123 Å². The molecular weight excluding hydrogens is 252 g/mol. The molecule has 0 bridgehead atoms. The monoisotopic (exact) mass is 282 g/mol. The second-order valence-corrected chi connectivity index (χ2v) is 6.73. The van der Waals surface area contributed by atoms with Crippen molar-refractivity contribution < 1.29 is 9.53 Å². The highest BCUT2D eigenvalue weighted by molar-refractivity contribution is 5.80. The number of nitrogens with one attached hydrogen (secondary N) is 1. The minimum atomic E-state index is -0.526. The lowest BCUT2D eigenvalue weighted by Gasteiger charge is -2.33. The molecule has 20 heavy (non-hydrogen) atoms. The van der Waals surface area contributed by atoms with Gasteiger partial charge in [0.2, 0.25) is 0 Å². The average molecular weight is 282 g/mol. The number of hydrogen-bond acceptors (Lipinski definition) is 4. The highest BCUT2D eigenvalue weighted by atomic mass is 16.5. The Balaban J connectivity index is 1.91. The lowest BCUT2D eigenvalue weighted by molar-refractivity contribution is -0.148. The molecule has 1 heterocycles. The van der Waals surface area contributed by atoms with E-state index in [0.29, 0.717) is 12.1 Å². The Hall–Kier alpha value is -0.610. The van der Waals surface area contributed by atoms with Crippen LogP contribution in [0.3, 0.4) is 0 Å². The largest absolute Gasteiger partial charge is 0.468 e. The highest BCUT2D eigenvalue weighted by Crippen LogP contribution is 2.26. The fourth-order valence-electron chi connectivity index (χ4n) is 3.17. The first kappa shape index (κ1) is 15.8. The van der Waals surface area contributed by atoms with E-state index in [2.05, 4.69) is 17.1 Å². The molecule has 0 aromatic carbocycles. The number of carbonyl (C=O) groups is 1. The number of esters is 1. The molecule has 1 saturated heterocycles. The number of likely N-dealkylation sites (tertiary alicyclic amines) is 1. The van der Waals surface area contributed by atoms with Gasteiger partial charge in [0.1, 0.15) is 5.54 Å². The molecule has 1 aliphatic carbocycles. The Morgan fingerprint density at radius 3 is 2.70 bits per heavy atom. The van der Waals surface area contributed by atoms with Crippen LogP contribution < -0.4 is 5.32 Å². The third-order valence-electron chi connectivity index (χ3n) is 4.83. The van der Waals surface area contributed by atoms with Crippen molar-refractivity contribution in [2.24, 2.45) is 0 Å². The summed E-state index contributed by atoms with van der Waals surface area (Å²) in [4.78, 5) is 14.7. The van der Waals surface area contributed by atoms with Gasteiger partial charge in [-0.3, -0.25) is 10.1 Å². The van der Waals surface area contributed by atoms with Crippen molar-refractivity contribution in [2.75, 3.05) is 20.2 Å². The van der Waals surface area contributed by atoms with Gasteiger partial charge < -0.3 is 9.64 Å². The summed E-state index contributed by atoms with van der Waals surface area (Å²) < 4.78 is 5.02. The summed E-state index contributed by atoms with van der Waals surface area (Å²) in [5.74, 6) is -0.119. The lowest BCUT2D eigenvalue weighted by Crippen LogP contribution is -2.53. The van der Waals surface area contributed by atoms with Crippen molar-refractivity contribution in [1.29, 1.82) is 0 Å². The molecule has 0 radical (unpaired) electrons. The first-order valence-corrected chi connectivity index (χ1v) is 8.15. The topological polar surface area (TPSA) is 41.6 Å². The van der Waals surface area contributed by atoms with Crippen LogP contribution in [0.2, 0.25) is 0 Å². The van der Waals surface area contributed by atoms with Crippen LogP contribution in [0.15, 0.2) is 0 Å². The minimum Gasteiger partial charge on any atom is -0.468 e. The van der Waals surface area contributed by atoms with Gasteiger partial charge in [0.25, 0.3) is 0 Å². The predicted molar refractivity (Wildman–Crippen MR) is 80.7 cm³/mol. The number of methoxy groups -OCH3 is 1. The van der Waals surface area contributed by atoms with Gasteiger partial charge in [-0.2, -0.15) is 0 Å². The van der Waals surface area contributed by atoms with E-state index in [1.54, 1.807) is 0 Å². The molecule has 0 aromatic rings. The molecule has 2 aliphatic rings. The molecule has 1 aliphatic heterocycles. The number of rotatable bonds is 6. The number of nitrogens with zero attached hydrogens (tertiary/aromatic N) is 1. The molecule has 0 spiro atoms. The van der Waals surface area contributed by atoms with Crippen LogP contribution in [-0.2, 0) is 9.53 Å². The first-order valence-electron chi connectivity index (χ1n) is 8.15. The van der Waals surface area contributed by atoms with Gasteiger partial charge in [-0.1, -0.05) is 12.8 Å². The van der Waals surface area contributed by atoms with Gasteiger partial charge in [-0.05, 0) is 52.5 Å². The van der Waals surface area contributed by atoms with Crippen molar-refractivity contribution in [3.05, 3.63) is 0 Å². The van der Waals surface area contributed by atoms with E-state index in [-0.39, 0.29) is 5.97 Å². The van der Waals surface area contributed by atoms with Crippen molar-refractivity contribution in [1.82, 2.24) is 10.2 Å². The third kappa shape index (κ3) is 4.19. The van der Waals surface area contributed by atoms with Crippen LogP contribution in [0.4, 0.5) is 0 Å². The molecule has 116 valence electrons. The first-order chi connectivity index (χ1) is 9.55. The quantitative estimate of drug-likeness (QED) is 0.759. The summed E-state index contributed by atoms with van der Waals surface area (Å²) in [7, 11) is 1.49. The molecule has 2 unspecified atom stereocenters. The van der Waals surface area contributed by atoms with Crippen LogP contribution in [0.5, 0.6) is 0 Å². The molecule has 1 saturated carbocycles. The minimum absolute atomic E-state index is 0.119. The predicted octanol–water partition coefficient (Wildman–Crippen LogP) is 2.32. The average Bonchev–Trinajstić information content (AvgIpc) is 3.24. The molecule has 2 atom stereocenters. The van der Waals surface area contributed by atoms with E-state index >= 15 is 0 Å². The maximum atomic E-state index is 12.1. The number of hydrogen-bond donors (Lipinski definition) is 1. The van der Waals surface area contributed by atoms with Gasteiger partial charge in [0.05, 0.1) is 7.11 Å². The zero-order valence-corrected chi connectivity index (χ0v) is 13.3. The van der Waals surface area contributed by atoms with Crippen LogP contribution in [-0.4, -0.2) is 48.7 Å². The Bertz CT molecular complexity index is 330. The summed E-state index contributed by atoms with van der Waals surface area (Å²) in [6.45, 7) is 6.46. The Morgan fingerprint density at radius 1 is 1.30 bits per heavy atom. The van der Waals surface area contributed by atoms with E-state index in [9.17, 15) is 4.79 Å². The van der Waals surface area contributed by atoms with Crippen LogP contribution in [0.25, 0.3) is 0 Å². The van der Waals surface area contributed by atoms with Crippen molar-refractivity contribution in [2.45, 2.75) is 76.4 Å². The van der Waals surface area contributed by atoms with Crippen molar-refractivity contribution in [3.63, 3.8) is 0 Å². The molecule has 2 fully saturated rings. The molecular formula is C16H30N2O2.